The molecular formula is C24H25Cl2N3O3S. The monoisotopic (exact) mass is 505 g/mol. The highest BCUT2D eigenvalue weighted by Crippen LogP contribution is 2.41. The number of ether oxygens (including phenoxy) is 2. The van der Waals surface area contributed by atoms with Crippen LogP contribution in [0, 0.1) is 0 Å². The Labute approximate surface area is 207 Å². The Kier molecular flexibility index (Phi) is 7.66. The van der Waals surface area contributed by atoms with Crippen LogP contribution in [-0.2, 0) is 33.0 Å². The number of aromatic nitrogens is 2. The van der Waals surface area contributed by atoms with Gasteiger partial charge in [0.05, 0.1) is 24.3 Å². The summed E-state index contributed by atoms with van der Waals surface area (Å²) in [4.78, 5) is 16.7. The first-order chi connectivity index (χ1) is 15.9. The molecule has 3 aromatic rings. The third kappa shape index (κ3) is 5.73. The number of thioether (sulfide) groups is 1. The number of aryl methyl sites for hydroxylation is 1. The number of carbonyl (C=O) groups is 1. The quantitative estimate of drug-likeness (QED) is 0.393. The number of rotatable bonds is 8. The fourth-order valence-electron chi connectivity index (χ4n) is 3.80. The van der Waals surface area contributed by atoms with Gasteiger partial charge in [-0.3, -0.25) is 4.79 Å². The van der Waals surface area contributed by atoms with E-state index in [2.05, 4.69) is 17.2 Å². The van der Waals surface area contributed by atoms with Crippen molar-refractivity contribution in [1.29, 1.82) is 0 Å². The fourth-order valence-corrected chi connectivity index (χ4v) is 5.23. The Hall–Kier alpha value is -2.03. The number of halogens is 2. The van der Waals surface area contributed by atoms with Crippen molar-refractivity contribution in [3.63, 3.8) is 0 Å². The molecule has 0 bridgehead atoms. The third-order valence-electron chi connectivity index (χ3n) is 5.31. The summed E-state index contributed by atoms with van der Waals surface area (Å²) < 4.78 is 14.9. The van der Waals surface area contributed by atoms with Gasteiger partial charge in [-0.05, 0) is 36.4 Å². The smallest absolute Gasteiger partial charge is 0.221 e. The van der Waals surface area contributed by atoms with Crippen LogP contribution >= 0.6 is 35.0 Å². The van der Waals surface area contributed by atoms with E-state index in [1.165, 1.54) is 6.92 Å². The van der Waals surface area contributed by atoms with E-state index in [9.17, 15) is 4.79 Å². The van der Waals surface area contributed by atoms with Gasteiger partial charge in [-0.15, -0.1) is 11.8 Å². The Morgan fingerprint density at radius 3 is 2.76 bits per heavy atom. The predicted octanol–water partition coefficient (Wildman–Crippen LogP) is 5.77. The van der Waals surface area contributed by atoms with Crippen LogP contribution in [0.4, 0.5) is 5.69 Å². The fraction of sp³-hybridized carbons (Fsp3) is 0.333. The molecule has 1 N–H and O–H groups in total. The summed E-state index contributed by atoms with van der Waals surface area (Å²) in [6.07, 6.45) is 4.37. The molecule has 0 spiro atoms. The molecule has 6 nitrogen and oxygen atoms in total. The van der Waals surface area contributed by atoms with E-state index in [0.717, 1.165) is 28.4 Å². The van der Waals surface area contributed by atoms with Gasteiger partial charge in [-0.25, -0.2) is 4.98 Å². The number of amides is 1. The van der Waals surface area contributed by atoms with E-state index in [4.69, 9.17) is 32.7 Å². The van der Waals surface area contributed by atoms with Gasteiger partial charge in [-0.1, -0.05) is 36.2 Å². The molecule has 0 radical (unpaired) electrons. The highest BCUT2D eigenvalue weighted by molar-refractivity contribution is 7.99. The predicted molar refractivity (Wildman–Crippen MR) is 132 cm³/mol. The Morgan fingerprint density at radius 1 is 1.27 bits per heavy atom. The molecule has 2 aromatic carbocycles. The summed E-state index contributed by atoms with van der Waals surface area (Å²) in [7, 11) is 0. The second-order valence-corrected chi connectivity index (χ2v) is 9.71. The number of hydrogen-bond acceptors (Lipinski definition) is 5. The summed E-state index contributed by atoms with van der Waals surface area (Å²) >= 11 is 14.4. The zero-order chi connectivity index (χ0) is 23.4. The van der Waals surface area contributed by atoms with Crippen molar-refractivity contribution in [2.75, 3.05) is 17.7 Å². The van der Waals surface area contributed by atoms with Gasteiger partial charge < -0.3 is 19.4 Å². The average Bonchev–Trinajstić information content (AvgIpc) is 3.40. The SMILES string of the molecule is CCc1nccn1C[C@@]1(c2ccc(Cl)cc2Cl)OC[C@@H](CSc2ccc(NC(C)=O)cc2)O1. The van der Waals surface area contributed by atoms with Gasteiger partial charge in [0.1, 0.15) is 5.82 Å². The van der Waals surface area contributed by atoms with E-state index < -0.39 is 5.79 Å². The number of hydrogen-bond donors (Lipinski definition) is 1. The molecule has 1 aliphatic rings. The van der Waals surface area contributed by atoms with Crippen molar-refractivity contribution in [3.8, 4) is 0 Å². The summed E-state index contributed by atoms with van der Waals surface area (Å²) in [5.74, 6) is 0.529. The molecule has 1 amide bonds. The van der Waals surface area contributed by atoms with Crippen LogP contribution in [0.2, 0.25) is 10.0 Å². The number of imidazole rings is 1. The van der Waals surface area contributed by atoms with Crippen LogP contribution < -0.4 is 5.32 Å². The molecule has 2 heterocycles. The standard InChI is InChI=1S/C24H25Cl2N3O3S/c1-3-23-27-10-11-29(23)15-24(21-9-4-17(25)12-22(21)26)31-13-19(32-24)14-33-20-7-5-18(6-8-20)28-16(2)30/h4-12,19H,3,13-15H2,1-2H3,(H,28,30)/t19-,24+/m0/s1. The lowest BCUT2D eigenvalue weighted by Crippen LogP contribution is -2.34. The van der Waals surface area contributed by atoms with E-state index in [1.807, 2.05) is 41.1 Å². The maximum absolute atomic E-state index is 11.2. The maximum Gasteiger partial charge on any atom is 0.221 e. The van der Waals surface area contributed by atoms with Crippen LogP contribution in [0.1, 0.15) is 25.2 Å². The van der Waals surface area contributed by atoms with Crippen LogP contribution in [0.15, 0.2) is 59.8 Å². The molecule has 1 aromatic heterocycles. The first-order valence-corrected chi connectivity index (χ1v) is 12.4. The molecule has 0 unspecified atom stereocenters. The molecular weight excluding hydrogens is 481 g/mol. The van der Waals surface area contributed by atoms with Gasteiger partial charge >= 0.3 is 0 Å². The van der Waals surface area contributed by atoms with Gasteiger partial charge in [0, 0.05) is 52.7 Å². The number of anilines is 1. The molecule has 33 heavy (non-hydrogen) atoms. The van der Waals surface area contributed by atoms with Crippen molar-refractivity contribution in [1.82, 2.24) is 9.55 Å². The van der Waals surface area contributed by atoms with Gasteiger partial charge in [0.2, 0.25) is 11.7 Å². The third-order valence-corrected chi connectivity index (χ3v) is 7.00. The van der Waals surface area contributed by atoms with Gasteiger partial charge in [0.25, 0.3) is 0 Å². The van der Waals surface area contributed by atoms with Gasteiger partial charge in [-0.2, -0.15) is 0 Å². The molecule has 1 aliphatic heterocycles. The van der Waals surface area contributed by atoms with E-state index in [1.54, 1.807) is 30.1 Å². The summed E-state index contributed by atoms with van der Waals surface area (Å²) in [5, 5.41) is 3.84. The lowest BCUT2D eigenvalue weighted by atomic mass is 10.1. The minimum atomic E-state index is -1.03. The Balaban J connectivity index is 1.51. The molecule has 1 saturated heterocycles. The maximum atomic E-state index is 11.2. The Morgan fingerprint density at radius 2 is 2.06 bits per heavy atom. The first kappa shape index (κ1) is 24.1. The minimum absolute atomic E-state index is 0.0896. The van der Waals surface area contributed by atoms with Crippen molar-refractivity contribution >= 4 is 46.6 Å². The second-order valence-electron chi connectivity index (χ2n) is 7.77. The van der Waals surface area contributed by atoms with E-state index in [0.29, 0.717) is 28.9 Å². The van der Waals surface area contributed by atoms with Crippen LogP contribution in [0.25, 0.3) is 0 Å². The van der Waals surface area contributed by atoms with Gasteiger partial charge in [0.15, 0.2) is 0 Å². The highest BCUT2D eigenvalue weighted by Gasteiger charge is 2.45. The van der Waals surface area contributed by atoms with Crippen molar-refractivity contribution in [2.24, 2.45) is 0 Å². The lowest BCUT2D eigenvalue weighted by molar-refractivity contribution is -0.185. The number of nitrogens with one attached hydrogen (secondary N) is 1. The molecule has 1 fully saturated rings. The molecule has 174 valence electrons. The number of benzene rings is 2. The first-order valence-electron chi connectivity index (χ1n) is 10.7. The highest BCUT2D eigenvalue weighted by atomic mass is 35.5. The summed E-state index contributed by atoms with van der Waals surface area (Å²) in [5.41, 5.74) is 1.52. The van der Waals surface area contributed by atoms with Crippen molar-refractivity contribution in [3.05, 3.63) is 76.3 Å². The van der Waals surface area contributed by atoms with Crippen LogP contribution in [0.5, 0.6) is 0 Å². The van der Waals surface area contributed by atoms with Crippen molar-refractivity contribution in [2.45, 2.75) is 43.6 Å². The van der Waals surface area contributed by atoms with Crippen LogP contribution in [0.3, 0.4) is 0 Å². The molecule has 0 aliphatic carbocycles. The zero-order valence-corrected chi connectivity index (χ0v) is 20.7. The normalized spacial score (nSPS) is 20.2. The zero-order valence-electron chi connectivity index (χ0n) is 18.4. The second kappa shape index (κ2) is 10.5. The molecule has 0 saturated carbocycles. The lowest BCUT2D eigenvalue weighted by Gasteiger charge is -2.30. The summed E-state index contributed by atoms with van der Waals surface area (Å²) in [6.45, 7) is 4.43. The molecule has 2 atom stereocenters. The van der Waals surface area contributed by atoms with E-state index >= 15 is 0 Å². The number of nitrogens with zero attached hydrogens (tertiary/aromatic N) is 2. The molecule has 4 rings (SSSR count). The van der Waals surface area contributed by atoms with E-state index in [-0.39, 0.29) is 12.0 Å². The minimum Gasteiger partial charge on any atom is -0.342 e. The van der Waals surface area contributed by atoms with Crippen molar-refractivity contribution < 1.29 is 14.3 Å². The number of carbonyl (C=O) groups excluding carboxylic acids is 1. The van der Waals surface area contributed by atoms with Crippen LogP contribution in [-0.4, -0.2) is 33.9 Å². The topological polar surface area (TPSA) is 65.4 Å². The largest absolute Gasteiger partial charge is 0.342 e. The average molecular weight is 506 g/mol. The molecule has 9 heteroatoms. The Bertz CT molecular complexity index is 1120. The summed E-state index contributed by atoms with van der Waals surface area (Å²) in [6, 6.07) is 13.1.